The van der Waals surface area contributed by atoms with E-state index in [1.807, 2.05) is 0 Å². The first-order valence-electron chi connectivity index (χ1n) is 11.7. The normalized spacial score (nSPS) is 12.0. The molecule has 0 saturated carbocycles. The number of rotatable bonds is 17. The van der Waals surface area contributed by atoms with Crippen LogP contribution in [-0.2, 0) is 4.79 Å². The molecule has 1 atom stereocenters. The van der Waals surface area contributed by atoms with Gasteiger partial charge in [-0.1, -0.05) is 84.0 Å². The molecule has 0 fully saturated rings. The number of unbranched alkanes of at least 4 members (excludes halogenated alkanes) is 12. The molecule has 0 saturated heterocycles. The second-order valence-corrected chi connectivity index (χ2v) is 8.25. The summed E-state index contributed by atoms with van der Waals surface area (Å²) in [6.45, 7) is 3.78. The van der Waals surface area contributed by atoms with Crippen LogP contribution in [0, 0.1) is 10.1 Å². The van der Waals surface area contributed by atoms with Crippen LogP contribution < -0.4 is 5.32 Å². The SMILES string of the molecule is CCCCCCCCCCCCCCCC(=O)Nc1ccc([N+](=O)[O-])cc1C(C)O. The highest BCUT2D eigenvalue weighted by Crippen LogP contribution is 2.27. The maximum atomic E-state index is 12.2. The van der Waals surface area contributed by atoms with E-state index in [0.717, 1.165) is 19.3 Å². The maximum Gasteiger partial charge on any atom is 0.269 e. The Hall–Kier alpha value is -1.95. The zero-order valence-corrected chi connectivity index (χ0v) is 18.8. The van der Waals surface area contributed by atoms with Crippen LogP contribution in [0.1, 0.15) is 115 Å². The van der Waals surface area contributed by atoms with Gasteiger partial charge < -0.3 is 10.4 Å². The summed E-state index contributed by atoms with van der Waals surface area (Å²) in [6, 6.07) is 4.14. The van der Waals surface area contributed by atoms with Gasteiger partial charge in [-0.25, -0.2) is 0 Å². The highest BCUT2D eigenvalue weighted by molar-refractivity contribution is 5.91. The fourth-order valence-corrected chi connectivity index (χ4v) is 3.64. The molecule has 0 aliphatic rings. The van der Waals surface area contributed by atoms with Gasteiger partial charge in [-0.3, -0.25) is 14.9 Å². The fraction of sp³-hybridized carbons (Fsp3) is 0.708. The smallest absolute Gasteiger partial charge is 0.269 e. The standard InChI is InChI=1S/C24H40N2O4/c1-3-4-5-6-7-8-9-10-11-12-13-14-15-16-24(28)25-23-18-17-21(26(29)30)19-22(23)20(2)27/h17-20,27H,3-16H2,1-2H3,(H,25,28). The molecule has 0 bridgehead atoms. The Morgan fingerprint density at radius 1 is 0.967 bits per heavy atom. The predicted molar refractivity (Wildman–Crippen MR) is 123 cm³/mol. The number of carbonyl (C=O) groups is 1. The molecule has 6 heteroatoms. The average molecular weight is 421 g/mol. The second kappa shape index (κ2) is 15.8. The summed E-state index contributed by atoms with van der Waals surface area (Å²) in [5.74, 6) is -0.117. The summed E-state index contributed by atoms with van der Waals surface area (Å²) >= 11 is 0. The van der Waals surface area contributed by atoms with Gasteiger partial charge in [-0.05, 0) is 19.4 Å². The lowest BCUT2D eigenvalue weighted by Crippen LogP contribution is -2.13. The first-order valence-corrected chi connectivity index (χ1v) is 11.7. The molecule has 1 aromatic rings. The van der Waals surface area contributed by atoms with Crippen molar-refractivity contribution in [3.05, 3.63) is 33.9 Å². The Morgan fingerprint density at radius 2 is 1.47 bits per heavy atom. The molecule has 0 heterocycles. The molecule has 0 aromatic heterocycles. The van der Waals surface area contributed by atoms with Crippen molar-refractivity contribution in [2.24, 2.45) is 0 Å². The van der Waals surface area contributed by atoms with E-state index in [1.54, 1.807) is 0 Å². The van der Waals surface area contributed by atoms with Gasteiger partial charge in [0.25, 0.3) is 5.69 Å². The number of non-ortho nitro benzene ring substituents is 1. The van der Waals surface area contributed by atoms with Crippen molar-refractivity contribution >= 4 is 17.3 Å². The number of hydrogen-bond acceptors (Lipinski definition) is 4. The lowest BCUT2D eigenvalue weighted by molar-refractivity contribution is -0.385. The van der Waals surface area contributed by atoms with Gasteiger partial charge in [0.2, 0.25) is 5.91 Å². The zero-order chi connectivity index (χ0) is 22.2. The molecule has 30 heavy (non-hydrogen) atoms. The number of nitro benzene ring substituents is 1. The molecule has 1 rings (SSSR count). The Morgan fingerprint density at radius 3 is 1.93 bits per heavy atom. The second-order valence-electron chi connectivity index (χ2n) is 8.25. The highest BCUT2D eigenvalue weighted by atomic mass is 16.6. The molecule has 0 aliphatic heterocycles. The van der Waals surface area contributed by atoms with Crippen molar-refractivity contribution < 1.29 is 14.8 Å². The third-order valence-electron chi connectivity index (χ3n) is 5.48. The Bertz CT molecular complexity index is 632. The van der Waals surface area contributed by atoms with Crippen molar-refractivity contribution in [2.75, 3.05) is 5.32 Å². The molecule has 6 nitrogen and oxygen atoms in total. The molecule has 1 amide bonds. The lowest BCUT2D eigenvalue weighted by Gasteiger charge is -2.13. The average Bonchev–Trinajstić information content (AvgIpc) is 2.71. The summed E-state index contributed by atoms with van der Waals surface area (Å²) in [5.41, 5.74) is 0.707. The van der Waals surface area contributed by atoms with Crippen molar-refractivity contribution in [1.82, 2.24) is 0 Å². The van der Waals surface area contributed by atoms with Crippen molar-refractivity contribution in [2.45, 2.75) is 110 Å². The first-order chi connectivity index (χ1) is 14.5. The van der Waals surface area contributed by atoms with Crippen molar-refractivity contribution in [3.63, 3.8) is 0 Å². The van der Waals surface area contributed by atoms with E-state index >= 15 is 0 Å². The number of nitrogens with zero attached hydrogens (tertiary/aromatic N) is 1. The monoisotopic (exact) mass is 420 g/mol. The highest BCUT2D eigenvalue weighted by Gasteiger charge is 2.15. The number of hydrogen-bond donors (Lipinski definition) is 2. The summed E-state index contributed by atoms with van der Waals surface area (Å²) in [5, 5.41) is 23.5. The molecule has 170 valence electrons. The summed E-state index contributed by atoms with van der Waals surface area (Å²) in [4.78, 5) is 22.6. The summed E-state index contributed by atoms with van der Waals surface area (Å²) in [7, 11) is 0. The minimum Gasteiger partial charge on any atom is -0.389 e. The maximum absolute atomic E-state index is 12.2. The quantitative estimate of drug-likeness (QED) is 0.160. The number of aliphatic hydroxyl groups excluding tert-OH is 1. The Labute approximate surface area is 181 Å². The van der Waals surface area contributed by atoms with Crippen LogP contribution >= 0.6 is 0 Å². The topological polar surface area (TPSA) is 92.5 Å². The molecule has 0 spiro atoms. The van der Waals surface area contributed by atoms with E-state index in [9.17, 15) is 20.0 Å². The van der Waals surface area contributed by atoms with Gasteiger partial charge in [-0.2, -0.15) is 0 Å². The Kier molecular flexibility index (Phi) is 13.8. The minimum absolute atomic E-state index is 0.0969. The number of carbonyl (C=O) groups excluding carboxylic acids is 1. The largest absolute Gasteiger partial charge is 0.389 e. The van der Waals surface area contributed by atoms with Crippen LogP contribution in [0.2, 0.25) is 0 Å². The number of aliphatic hydroxyl groups is 1. The van der Waals surface area contributed by atoms with Gasteiger partial charge >= 0.3 is 0 Å². The van der Waals surface area contributed by atoms with Crippen LogP contribution in [0.15, 0.2) is 18.2 Å². The molecular formula is C24H40N2O4. The van der Waals surface area contributed by atoms with E-state index in [0.29, 0.717) is 17.7 Å². The summed E-state index contributed by atoms with van der Waals surface area (Å²) < 4.78 is 0. The van der Waals surface area contributed by atoms with E-state index in [4.69, 9.17) is 0 Å². The molecule has 2 N–H and O–H groups in total. The fourth-order valence-electron chi connectivity index (χ4n) is 3.64. The first kappa shape index (κ1) is 26.1. The van der Waals surface area contributed by atoms with Crippen LogP contribution in [0.4, 0.5) is 11.4 Å². The van der Waals surface area contributed by atoms with Gasteiger partial charge in [0, 0.05) is 29.8 Å². The van der Waals surface area contributed by atoms with Crippen LogP contribution in [0.5, 0.6) is 0 Å². The number of amides is 1. The Balaban J connectivity index is 2.13. The van der Waals surface area contributed by atoms with Gasteiger partial charge in [0.15, 0.2) is 0 Å². The van der Waals surface area contributed by atoms with Gasteiger partial charge in [-0.15, -0.1) is 0 Å². The van der Waals surface area contributed by atoms with Crippen LogP contribution in [0.3, 0.4) is 0 Å². The summed E-state index contributed by atoms with van der Waals surface area (Å²) in [6.07, 6.45) is 15.9. The van der Waals surface area contributed by atoms with Crippen molar-refractivity contribution in [1.29, 1.82) is 0 Å². The number of anilines is 1. The molecule has 1 unspecified atom stereocenters. The third-order valence-corrected chi connectivity index (χ3v) is 5.48. The molecule has 0 aliphatic carbocycles. The van der Waals surface area contributed by atoms with E-state index < -0.39 is 11.0 Å². The van der Waals surface area contributed by atoms with Crippen LogP contribution in [-0.4, -0.2) is 15.9 Å². The predicted octanol–water partition coefficient (Wildman–Crippen LogP) is 7.07. The van der Waals surface area contributed by atoms with Crippen LogP contribution in [0.25, 0.3) is 0 Å². The van der Waals surface area contributed by atoms with E-state index in [-0.39, 0.29) is 11.6 Å². The molecule has 1 aromatic carbocycles. The molecule has 0 radical (unpaired) electrons. The molecular weight excluding hydrogens is 380 g/mol. The third kappa shape index (κ3) is 11.3. The van der Waals surface area contributed by atoms with E-state index in [2.05, 4.69) is 12.2 Å². The van der Waals surface area contributed by atoms with Gasteiger partial charge in [0.05, 0.1) is 11.0 Å². The van der Waals surface area contributed by atoms with E-state index in [1.165, 1.54) is 89.3 Å². The van der Waals surface area contributed by atoms with Crippen molar-refractivity contribution in [3.8, 4) is 0 Å². The number of nitro groups is 1. The number of benzene rings is 1. The zero-order valence-electron chi connectivity index (χ0n) is 18.8. The minimum atomic E-state index is -0.892. The lowest BCUT2D eigenvalue weighted by atomic mass is 10.0. The van der Waals surface area contributed by atoms with Gasteiger partial charge in [0.1, 0.15) is 0 Å². The number of nitrogens with one attached hydrogen (secondary N) is 1.